The van der Waals surface area contributed by atoms with Crippen LogP contribution in [-0.4, -0.2) is 47.7 Å². The van der Waals surface area contributed by atoms with Gasteiger partial charge in [0.05, 0.1) is 5.39 Å². The second-order valence-corrected chi connectivity index (χ2v) is 7.20. The number of aliphatic hydroxyl groups excluding tert-OH is 2. The molecule has 0 saturated carbocycles. The van der Waals surface area contributed by atoms with E-state index in [4.69, 9.17) is 10.5 Å². The summed E-state index contributed by atoms with van der Waals surface area (Å²) in [6.45, 7) is 3.37. The Balaban J connectivity index is 1.71. The van der Waals surface area contributed by atoms with Gasteiger partial charge >= 0.3 is 0 Å². The lowest BCUT2D eigenvalue weighted by Gasteiger charge is -2.29. The van der Waals surface area contributed by atoms with E-state index in [9.17, 15) is 15.3 Å². The van der Waals surface area contributed by atoms with E-state index in [2.05, 4.69) is 9.97 Å². The number of hydrogen-bond donors (Lipinski definition) is 4. The van der Waals surface area contributed by atoms with Gasteiger partial charge in [0.25, 0.3) is 0 Å². The molecule has 1 aromatic carbocycles. The summed E-state index contributed by atoms with van der Waals surface area (Å²) in [5.74, 6) is 0.314. The number of ether oxygens (including phenoxy) is 1. The molecule has 0 amide bonds. The molecule has 2 aromatic heterocycles. The van der Waals surface area contributed by atoms with Crippen molar-refractivity contribution in [1.29, 1.82) is 0 Å². The predicted octanol–water partition coefficient (Wildman–Crippen LogP) is 1.06. The minimum atomic E-state index is -1.68. The fraction of sp³-hybridized carbons (Fsp3) is 0.368. The highest BCUT2D eigenvalue weighted by molar-refractivity contribution is 5.86. The summed E-state index contributed by atoms with van der Waals surface area (Å²) in [5, 5.41) is 33.1. The van der Waals surface area contributed by atoms with Gasteiger partial charge in [0.15, 0.2) is 6.23 Å². The Morgan fingerprint density at radius 1 is 1.30 bits per heavy atom. The first kappa shape index (κ1) is 17.9. The van der Waals surface area contributed by atoms with Gasteiger partial charge in [0.1, 0.15) is 41.7 Å². The first-order valence-corrected chi connectivity index (χ1v) is 8.68. The highest BCUT2D eigenvalue weighted by Crippen LogP contribution is 2.43. The number of nitrogens with zero attached hydrogens (tertiary/aromatic N) is 3. The van der Waals surface area contributed by atoms with E-state index < -0.39 is 30.1 Å². The van der Waals surface area contributed by atoms with E-state index >= 15 is 0 Å². The highest BCUT2D eigenvalue weighted by Gasteiger charge is 2.55. The molecule has 5 atom stereocenters. The molecule has 27 heavy (non-hydrogen) atoms. The Morgan fingerprint density at radius 2 is 2.07 bits per heavy atom. The Morgan fingerprint density at radius 3 is 2.81 bits per heavy atom. The minimum absolute atomic E-state index is 0.314. The van der Waals surface area contributed by atoms with Crippen LogP contribution in [0.2, 0.25) is 0 Å². The second kappa shape index (κ2) is 6.28. The molecule has 0 aliphatic carbocycles. The first-order valence-electron chi connectivity index (χ1n) is 8.68. The average molecular weight is 370 g/mol. The number of anilines is 1. The number of nitrogen functional groups attached to an aromatic ring is 1. The number of fused-ring (bicyclic) bond motifs is 1. The Hall–Kier alpha value is -2.52. The summed E-state index contributed by atoms with van der Waals surface area (Å²) < 4.78 is 7.54. The SMILES string of the molecule is Cc1cccc(C(O)[C@H]2O[C@@H](n3ccc4c(N)ncnc43)[C@H](O)[C@]2(C)O)c1. The maximum Gasteiger partial charge on any atom is 0.164 e. The van der Waals surface area contributed by atoms with Crippen LogP contribution in [0.4, 0.5) is 5.82 Å². The van der Waals surface area contributed by atoms with Crippen LogP contribution in [0.5, 0.6) is 0 Å². The lowest BCUT2D eigenvalue weighted by Crippen LogP contribution is -2.47. The summed E-state index contributed by atoms with van der Waals surface area (Å²) in [7, 11) is 0. The molecule has 3 aromatic rings. The van der Waals surface area contributed by atoms with Gasteiger partial charge in [-0.1, -0.05) is 29.8 Å². The van der Waals surface area contributed by atoms with Crippen LogP contribution in [0.3, 0.4) is 0 Å². The fourth-order valence-corrected chi connectivity index (χ4v) is 3.66. The number of hydrogen-bond acceptors (Lipinski definition) is 7. The fourth-order valence-electron chi connectivity index (χ4n) is 3.66. The molecule has 8 heteroatoms. The molecule has 5 N–H and O–H groups in total. The summed E-state index contributed by atoms with van der Waals surface area (Å²) in [5.41, 5.74) is 6.25. The molecule has 0 radical (unpaired) electrons. The van der Waals surface area contributed by atoms with E-state index in [-0.39, 0.29) is 0 Å². The van der Waals surface area contributed by atoms with E-state index in [1.807, 2.05) is 25.1 Å². The van der Waals surface area contributed by atoms with Gasteiger partial charge in [-0.25, -0.2) is 9.97 Å². The Bertz CT molecular complexity index is 987. The monoisotopic (exact) mass is 370 g/mol. The lowest BCUT2D eigenvalue weighted by atomic mass is 9.88. The third-order valence-electron chi connectivity index (χ3n) is 5.22. The van der Waals surface area contributed by atoms with Crippen molar-refractivity contribution >= 4 is 16.9 Å². The number of rotatable bonds is 3. The maximum atomic E-state index is 10.9. The second-order valence-electron chi connectivity index (χ2n) is 7.20. The Kier molecular flexibility index (Phi) is 4.15. The molecule has 1 saturated heterocycles. The van der Waals surface area contributed by atoms with Crippen LogP contribution in [0, 0.1) is 6.92 Å². The van der Waals surface area contributed by atoms with Crippen molar-refractivity contribution < 1.29 is 20.1 Å². The highest BCUT2D eigenvalue weighted by atomic mass is 16.6. The van der Waals surface area contributed by atoms with Crippen molar-refractivity contribution in [3.8, 4) is 0 Å². The third kappa shape index (κ3) is 2.78. The van der Waals surface area contributed by atoms with Crippen molar-refractivity contribution in [3.63, 3.8) is 0 Å². The zero-order valence-electron chi connectivity index (χ0n) is 15.0. The smallest absolute Gasteiger partial charge is 0.164 e. The summed E-state index contributed by atoms with van der Waals surface area (Å²) in [6, 6.07) is 9.04. The van der Waals surface area contributed by atoms with E-state index in [0.29, 0.717) is 22.4 Å². The van der Waals surface area contributed by atoms with Crippen molar-refractivity contribution in [2.75, 3.05) is 5.73 Å². The van der Waals surface area contributed by atoms with Crippen LogP contribution in [-0.2, 0) is 4.74 Å². The molecule has 1 aliphatic heterocycles. The molecule has 1 aliphatic rings. The molecule has 0 spiro atoms. The number of aromatic nitrogens is 3. The third-order valence-corrected chi connectivity index (χ3v) is 5.22. The lowest BCUT2D eigenvalue weighted by molar-refractivity contribution is -0.115. The topological polar surface area (TPSA) is 127 Å². The predicted molar refractivity (Wildman–Crippen MR) is 98.6 cm³/mol. The minimum Gasteiger partial charge on any atom is -0.386 e. The maximum absolute atomic E-state index is 10.9. The number of nitrogens with two attached hydrogens (primary N) is 1. The molecule has 1 unspecified atom stereocenters. The van der Waals surface area contributed by atoms with Crippen molar-refractivity contribution in [2.45, 2.75) is 44.0 Å². The number of aliphatic hydroxyl groups is 3. The van der Waals surface area contributed by atoms with Crippen molar-refractivity contribution in [1.82, 2.24) is 14.5 Å². The van der Waals surface area contributed by atoms with Gasteiger partial charge in [-0.15, -0.1) is 0 Å². The standard InChI is InChI=1S/C19H22N4O4/c1-10-4-3-5-11(8-10)13(24)15-19(2,26)14(25)18(27-15)23-7-6-12-16(20)21-9-22-17(12)23/h3-9,13-15,18,24-26H,1-2H3,(H2,20,21,22)/t13?,14-,15+,18+,19-/m0/s1. The summed E-state index contributed by atoms with van der Waals surface area (Å²) in [4.78, 5) is 8.15. The molecule has 142 valence electrons. The zero-order chi connectivity index (χ0) is 19.3. The summed E-state index contributed by atoms with van der Waals surface area (Å²) >= 11 is 0. The van der Waals surface area contributed by atoms with Gasteiger partial charge in [-0.05, 0) is 25.5 Å². The van der Waals surface area contributed by atoms with E-state index in [1.165, 1.54) is 13.3 Å². The number of aryl methyl sites for hydroxylation is 1. The van der Waals surface area contributed by atoms with Gasteiger partial charge < -0.3 is 30.4 Å². The van der Waals surface area contributed by atoms with E-state index in [0.717, 1.165) is 5.56 Å². The molecule has 0 bridgehead atoms. The van der Waals surface area contributed by atoms with Gasteiger partial charge in [0.2, 0.25) is 0 Å². The van der Waals surface area contributed by atoms with Crippen LogP contribution in [0.25, 0.3) is 11.0 Å². The summed E-state index contributed by atoms with van der Waals surface area (Å²) in [6.07, 6.45) is -1.37. The first-order chi connectivity index (χ1) is 12.8. The average Bonchev–Trinajstić information content (AvgIpc) is 3.15. The van der Waals surface area contributed by atoms with Crippen molar-refractivity contribution in [2.24, 2.45) is 0 Å². The van der Waals surface area contributed by atoms with Crippen LogP contribution in [0.15, 0.2) is 42.9 Å². The van der Waals surface area contributed by atoms with Gasteiger partial charge in [-0.3, -0.25) is 0 Å². The molecule has 4 rings (SSSR count). The molecular formula is C19H22N4O4. The zero-order valence-corrected chi connectivity index (χ0v) is 15.0. The Labute approximate surface area is 155 Å². The molecule has 8 nitrogen and oxygen atoms in total. The van der Waals surface area contributed by atoms with Crippen LogP contribution >= 0.6 is 0 Å². The van der Waals surface area contributed by atoms with E-state index in [1.54, 1.807) is 22.9 Å². The molecule has 3 heterocycles. The van der Waals surface area contributed by atoms with Crippen LogP contribution in [0.1, 0.15) is 30.4 Å². The van der Waals surface area contributed by atoms with Crippen molar-refractivity contribution in [3.05, 3.63) is 54.0 Å². The molecule has 1 fully saturated rings. The van der Waals surface area contributed by atoms with Gasteiger partial charge in [-0.2, -0.15) is 0 Å². The normalized spacial score (nSPS) is 29.3. The number of benzene rings is 1. The quantitative estimate of drug-likeness (QED) is 0.543. The van der Waals surface area contributed by atoms with Crippen LogP contribution < -0.4 is 5.73 Å². The largest absolute Gasteiger partial charge is 0.386 e. The molecular weight excluding hydrogens is 348 g/mol. The van der Waals surface area contributed by atoms with Gasteiger partial charge in [0, 0.05) is 6.20 Å².